The van der Waals surface area contributed by atoms with Crippen molar-refractivity contribution in [3.05, 3.63) is 0 Å². The molecular weight excluding hydrogens is 634 g/mol. The fraction of sp³-hybridized carbons (Fsp3) is 0.829. The second kappa shape index (κ2) is 23.2. The molecule has 0 unspecified atom stereocenters. The van der Waals surface area contributed by atoms with Gasteiger partial charge in [0, 0.05) is 6.42 Å². The summed E-state index contributed by atoms with van der Waals surface area (Å²) >= 11 is 0. The topological polar surface area (TPSA) is 212 Å². The zero-order chi connectivity index (χ0) is 38.0. The highest BCUT2D eigenvalue weighted by atomic mass is 16.5. The molecule has 7 atom stereocenters. The van der Waals surface area contributed by atoms with E-state index in [1.165, 1.54) is 14.0 Å². The summed E-state index contributed by atoms with van der Waals surface area (Å²) in [6.07, 6.45) is -0.704. The van der Waals surface area contributed by atoms with Crippen molar-refractivity contribution >= 4 is 35.5 Å². The van der Waals surface area contributed by atoms with Gasteiger partial charge in [0.2, 0.25) is 29.5 Å². The third-order valence-corrected chi connectivity index (χ3v) is 8.07. The first-order chi connectivity index (χ1) is 22.7. The highest BCUT2D eigenvalue weighted by Gasteiger charge is 2.34. The average Bonchev–Trinajstić information content (AvgIpc) is 2.99. The predicted octanol–water partition coefficient (Wildman–Crippen LogP) is 1.70. The summed E-state index contributed by atoms with van der Waals surface area (Å²) in [6.45, 7) is 18.2. The molecule has 7 N–H and O–H groups in total. The lowest BCUT2D eigenvalue weighted by molar-refractivity contribution is -0.144. The molecule has 0 radical (unpaired) electrons. The summed E-state index contributed by atoms with van der Waals surface area (Å²) in [5, 5.41) is 35.2. The van der Waals surface area contributed by atoms with Crippen LogP contribution >= 0.6 is 0 Å². The van der Waals surface area contributed by atoms with Gasteiger partial charge in [-0.25, -0.2) is 0 Å². The van der Waals surface area contributed by atoms with Gasteiger partial charge in [0.05, 0.1) is 44.2 Å². The maximum atomic E-state index is 13.5. The van der Waals surface area contributed by atoms with E-state index >= 15 is 0 Å². The maximum absolute atomic E-state index is 13.5. The Morgan fingerprint density at radius 1 is 0.592 bits per heavy atom. The van der Waals surface area contributed by atoms with Gasteiger partial charge in [0.1, 0.15) is 18.1 Å². The fourth-order valence-electron chi connectivity index (χ4n) is 5.21. The van der Waals surface area contributed by atoms with Crippen molar-refractivity contribution in [3.8, 4) is 0 Å². The van der Waals surface area contributed by atoms with Crippen LogP contribution in [0.1, 0.15) is 114 Å². The number of unbranched alkanes of at least 4 members (excludes halogenated alkanes) is 1. The molecule has 0 bridgehead atoms. The first kappa shape index (κ1) is 45.7. The van der Waals surface area contributed by atoms with Crippen molar-refractivity contribution in [2.75, 3.05) is 7.11 Å². The summed E-state index contributed by atoms with van der Waals surface area (Å²) in [7, 11) is 1.20. The van der Waals surface area contributed by atoms with E-state index in [1.54, 1.807) is 27.7 Å². The number of carbonyl (C=O) groups excluding carboxylic acids is 6. The quantitative estimate of drug-likeness (QED) is 0.0773. The second-order valence-electron chi connectivity index (χ2n) is 14.5. The minimum atomic E-state index is -1.32. The Morgan fingerprint density at radius 3 is 1.49 bits per heavy atom. The molecule has 0 saturated carbocycles. The van der Waals surface area contributed by atoms with Gasteiger partial charge in [-0.3, -0.25) is 28.8 Å². The number of methoxy groups -OCH3 is 1. The fourth-order valence-corrected chi connectivity index (χ4v) is 5.21. The average molecular weight is 700 g/mol. The number of hydrogen-bond acceptors (Lipinski definition) is 9. The van der Waals surface area contributed by atoms with Crippen LogP contribution in [0.5, 0.6) is 0 Å². The molecule has 0 saturated heterocycles. The Morgan fingerprint density at radius 2 is 1.04 bits per heavy atom. The highest BCUT2D eigenvalue weighted by Crippen LogP contribution is 2.15. The molecule has 0 spiro atoms. The third kappa shape index (κ3) is 18.3. The van der Waals surface area contributed by atoms with Crippen LogP contribution in [0, 0.1) is 23.7 Å². The number of carbonyl (C=O) groups is 6. The van der Waals surface area contributed by atoms with E-state index in [0.29, 0.717) is 25.7 Å². The first-order valence-electron chi connectivity index (χ1n) is 17.7. The minimum absolute atomic E-state index is 0.0257. The Kier molecular flexibility index (Phi) is 21.7. The van der Waals surface area contributed by atoms with E-state index in [4.69, 9.17) is 0 Å². The van der Waals surface area contributed by atoms with Crippen LogP contribution in [-0.4, -0.2) is 95.2 Å². The molecule has 0 fully saturated rings. The van der Waals surface area contributed by atoms with Crippen LogP contribution in [0.2, 0.25) is 0 Å². The number of ether oxygens (including phenoxy) is 1. The lowest BCUT2D eigenvalue weighted by Crippen LogP contribution is -2.59. The van der Waals surface area contributed by atoms with Gasteiger partial charge in [0.15, 0.2) is 0 Å². The van der Waals surface area contributed by atoms with Crippen molar-refractivity contribution < 1.29 is 43.7 Å². The largest absolute Gasteiger partial charge is 0.469 e. The molecule has 5 amide bonds. The summed E-state index contributed by atoms with van der Waals surface area (Å²) in [5.74, 6) is -3.57. The van der Waals surface area contributed by atoms with Gasteiger partial charge < -0.3 is 41.5 Å². The van der Waals surface area contributed by atoms with Crippen molar-refractivity contribution in [1.82, 2.24) is 26.6 Å². The van der Waals surface area contributed by atoms with Crippen LogP contribution in [0.15, 0.2) is 0 Å². The molecule has 0 aromatic heterocycles. The summed E-state index contributed by atoms with van der Waals surface area (Å²) in [6, 6.07) is -4.46. The summed E-state index contributed by atoms with van der Waals surface area (Å²) in [5.41, 5.74) is 0. The molecule has 14 heteroatoms. The monoisotopic (exact) mass is 699 g/mol. The van der Waals surface area contributed by atoms with Gasteiger partial charge in [0.25, 0.3) is 0 Å². The zero-order valence-corrected chi connectivity index (χ0v) is 31.6. The number of aliphatic hydroxyl groups excluding tert-OH is 2. The Labute approximate surface area is 293 Å². The van der Waals surface area contributed by atoms with Gasteiger partial charge >= 0.3 is 5.97 Å². The van der Waals surface area contributed by atoms with E-state index in [9.17, 15) is 39.0 Å². The number of esters is 1. The molecule has 14 nitrogen and oxygen atoms in total. The normalized spacial score (nSPS) is 15.9. The molecule has 0 aliphatic carbocycles. The highest BCUT2D eigenvalue weighted by molar-refractivity contribution is 5.92. The van der Waals surface area contributed by atoms with Gasteiger partial charge in [-0.2, -0.15) is 0 Å². The van der Waals surface area contributed by atoms with E-state index < -0.39 is 78.4 Å². The Hall–Kier alpha value is -3.26. The van der Waals surface area contributed by atoms with Crippen molar-refractivity contribution in [1.29, 1.82) is 0 Å². The summed E-state index contributed by atoms with van der Waals surface area (Å²) in [4.78, 5) is 76.7. The minimum Gasteiger partial charge on any atom is -0.469 e. The van der Waals surface area contributed by atoms with Crippen molar-refractivity contribution in [3.63, 3.8) is 0 Å². The molecule has 284 valence electrons. The van der Waals surface area contributed by atoms with Crippen LogP contribution in [0.25, 0.3) is 0 Å². The van der Waals surface area contributed by atoms with Gasteiger partial charge in [-0.05, 0) is 49.9 Å². The lowest BCUT2D eigenvalue weighted by Gasteiger charge is -2.31. The molecular formula is C35H65N5O9. The van der Waals surface area contributed by atoms with Crippen molar-refractivity contribution in [2.45, 2.75) is 157 Å². The SMILES string of the molecule is CCCCC(=O)N[C@H](C(=O)N[C@@H](C(=O)N[C@@H](CC(C)C)[C@@H](O)CC(=O)N[C@@H](C)C(=O)N[C@@H](CC(C)C)[C@@H](O)CC(=O)OC)C(C)C)C(C)C. The van der Waals surface area contributed by atoms with Gasteiger partial charge in [-0.1, -0.05) is 68.7 Å². The third-order valence-electron chi connectivity index (χ3n) is 8.07. The van der Waals surface area contributed by atoms with Crippen LogP contribution in [0.3, 0.4) is 0 Å². The molecule has 49 heavy (non-hydrogen) atoms. The smallest absolute Gasteiger partial charge is 0.308 e. The van der Waals surface area contributed by atoms with E-state index in [1.807, 2.05) is 34.6 Å². The molecule has 0 rings (SSSR count). The molecule has 0 aliphatic heterocycles. The standard InChI is InChI=1S/C35H65N5O9/c1-12-13-14-28(43)39-31(21(6)7)35(48)40-32(22(8)9)34(47)38-24(15-19(2)3)26(41)17-29(44)36-23(10)33(46)37-25(16-20(4)5)27(42)18-30(45)49-11/h19-27,31-32,41-42H,12-18H2,1-11H3,(H,36,44)(H,37,46)(H,38,47)(H,39,43)(H,40,48)/t23-,24-,25-,26-,27-,31-,32+/m0/s1. The summed E-state index contributed by atoms with van der Waals surface area (Å²) < 4.78 is 4.62. The van der Waals surface area contributed by atoms with Crippen LogP contribution in [0.4, 0.5) is 0 Å². The van der Waals surface area contributed by atoms with Crippen LogP contribution in [-0.2, 0) is 33.5 Å². The molecule has 0 heterocycles. The first-order valence-corrected chi connectivity index (χ1v) is 17.7. The number of aliphatic hydroxyl groups is 2. The zero-order valence-electron chi connectivity index (χ0n) is 31.6. The number of amides is 5. The maximum Gasteiger partial charge on any atom is 0.308 e. The van der Waals surface area contributed by atoms with Crippen LogP contribution < -0.4 is 26.6 Å². The molecule has 0 aliphatic rings. The molecule has 0 aromatic carbocycles. The Balaban J connectivity index is 5.59. The van der Waals surface area contributed by atoms with Crippen molar-refractivity contribution in [2.24, 2.45) is 23.7 Å². The number of nitrogens with one attached hydrogen (secondary N) is 5. The predicted molar refractivity (Wildman–Crippen MR) is 187 cm³/mol. The second-order valence-corrected chi connectivity index (χ2v) is 14.5. The lowest BCUT2D eigenvalue weighted by atomic mass is 9.95. The van der Waals surface area contributed by atoms with E-state index in [2.05, 4.69) is 31.3 Å². The van der Waals surface area contributed by atoms with Gasteiger partial charge in [-0.15, -0.1) is 0 Å². The molecule has 0 aromatic rings. The Bertz CT molecular complexity index is 1070. The number of rotatable bonds is 23. The van der Waals surface area contributed by atoms with E-state index in [0.717, 1.165) is 6.42 Å². The van der Waals surface area contributed by atoms with E-state index in [-0.39, 0.29) is 36.0 Å². The number of hydrogen-bond donors (Lipinski definition) is 7.